The largest absolute Gasteiger partial charge is 0.480 e. The summed E-state index contributed by atoms with van der Waals surface area (Å²) in [5.41, 5.74) is -0.216. The van der Waals surface area contributed by atoms with Crippen LogP contribution in [0.1, 0.15) is 13.8 Å². The number of thiocarbonyl (C=S) groups is 1. The minimum Gasteiger partial charge on any atom is -0.480 e. The number of thiol groups is 1. The van der Waals surface area contributed by atoms with Crippen molar-refractivity contribution >= 4 is 35.0 Å². The van der Waals surface area contributed by atoms with Gasteiger partial charge in [-0.3, -0.25) is 0 Å². The molecule has 0 bridgehead atoms. The Morgan fingerprint density at radius 1 is 1.36 bits per heavy atom. The van der Waals surface area contributed by atoms with E-state index in [-0.39, 0.29) is 23.0 Å². The summed E-state index contributed by atoms with van der Waals surface area (Å²) < 4.78 is 9.33. The molecule has 0 heterocycles. The van der Waals surface area contributed by atoms with Crippen LogP contribution in [0.15, 0.2) is 11.5 Å². The van der Waals surface area contributed by atoms with Crippen LogP contribution < -0.4 is 0 Å². The summed E-state index contributed by atoms with van der Waals surface area (Å²) in [7, 11) is 0. The molecule has 0 amide bonds. The molecule has 6 heteroatoms. The first kappa shape index (κ1) is 13.2. The number of aliphatic hydroxyl groups is 1. The quantitative estimate of drug-likeness (QED) is 0.250. The second-order valence-corrected chi connectivity index (χ2v) is 3.30. The van der Waals surface area contributed by atoms with Crippen LogP contribution in [-0.2, 0) is 14.3 Å². The topological polar surface area (TPSA) is 55.8 Å². The molecule has 0 aromatic rings. The van der Waals surface area contributed by atoms with Crippen molar-refractivity contribution in [1.29, 1.82) is 0 Å². The first-order valence-corrected chi connectivity index (χ1v) is 4.86. The zero-order chi connectivity index (χ0) is 11.1. The van der Waals surface area contributed by atoms with Crippen molar-refractivity contribution in [2.24, 2.45) is 0 Å². The van der Waals surface area contributed by atoms with E-state index in [4.69, 9.17) is 4.74 Å². The number of hydrogen-bond donors (Lipinski definition) is 2. The molecule has 0 aliphatic rings. The molecule has 0 aliphatic heterocycles. The van der Waals surface area contributed by atoms with Crippen LogP contribution in [0, 0.1) is 0 Å². The fraction of sp³-hybridized carbons (Fsp3) is 0.500. The molecule has 1 N–H and O–H groups in total. The maximum absolute atomic E-state index is 11.2. The van der Waals surface area contributed by atoms with Gasteiger partial charge in [0.1, 0.15) is 0 Å². The van der Waals surface area contributed by atoms with Crippen LogP contribution in [0.2, 0.25) is 0 Å². The molecular formula is C8H12O4S2. The van der Waals surface area contributed by atoms with Crippen LogP contribution in [0.4, 0.5) is 0 Å². The maximum atomic E-state index is 11.2. The van der Waals surface area contributed by atoms with E-state index in [1.807, 2.05) is 0 Å². The third-order valence-electron chi connectivity index (χ3n) is 1.19. The molecule has 0 saturated carbocycles. The average molecular weight is 236 g/mol. The highest BCUT2D eigenvalue weighted by Gasteiger charge is 2.20. The molecule has 0 aromatic carbocycles. The van der Waals surface area contributed by atoms with Crippen LogP contribution in [0.25, 0.3) is 0 Å². The Labute approximate surface area is 93.3 Å². The Bertz CT molecular complexity index is 260. The van der Waals surface area contributed by atoms with Gasteiger partial charge in [0.15, 0.2) is 5.57 Å². The van der Waals surface area contributed by atoms with Crippen LogP contribution in [-0.4, -0.2) is 28.5 Å². The van der Waals surface area contributed by atoms with Crippen molar-refractivity contribution in [1.82, 2.24) is 0 Å². The lowest BCUT2D eigenvalue weighted by molar-refractivity contribution is -0.138. The van der Waals surface area contributed by atoms with Gasteiger partial charge in [-0.2, -0.15) is 0 Å². The molecule has 4 nitrogen and oxygen atoms in total. The van der Waals surface area contributed by atoms with E-state index in [0.29, 0.717) is 0 Å². The highest BCUT2D eigenvalue weighted by atomic mass is 32.1. The van der Waals surface area contributed by atoms with Gasteiger partial charge >= 0.3 is 5.97 Å². The predicted octanol–water partition coefficient (Wildman–Crippen LogP) is 1.61. The van der Waals surface area contributed by atoms with E-state index in [0.717, 1.165) is 0 Å². The van der Waals surface area contributed by atoms with Crippen molar-refractivity contribution in [3.63, 3.8) is 0 Å². The van der Waals surface area contributed by atoms with Crippen molar-refractivity contribution in [2.45, 2.75) is 13.8 Å². The highest BCUT2D eigenvalue weighted by molar-refractivity contribution is 8.12. The van der Waals surface area contributed by atoms with Gasteiger partial charge in [0.25, 0.3) is 5.95 Å². The van der Waals surface area contributed by atoms with E-state index >= 15 is 0 Å². The average Bonchev–Trinajstić information content (AvgIpc) is 2.04. The molecular weight excluding hydrogens is 224 g/mol. The Morgan fingerprint density at radius 2 is 1.86 bits per heavy atom. The summed E-state index contributed by atoms with van der Waals surface area (Å²) in [4.78, 5) is 11.2. The lowest BCUT2D eigenvalue weighted by Gasteiger charge is -2.07. The fourth-order valence-corrected chi connectivity index (χ4v) is 1.04. The maximum Gasteiger partial charge on any atom is 0.347 e. The molecule has 0 saturated heterocycles. The zero-order valence-corrected chi connectivity index (χ0v) is 9.65. The molecule has 0 rings (SSSR count). The number of aliphatic hydroxyl groups excluding tert-OH is 1. The number of ether oxygens (including phenoxy) is 2. The standard InChI is InChI=1S/C8H12O4S2/c1-3-11-6(9)5(8(13)14)7(10)12-4-2/h9H,3-4H2,1-2H3,(H,13,14)/b6-5-. The van der Waals surface area contributed by atoms with Gasteiger partial charge in [0.05, 0.1) is 17.4 Å². The lowest BCUT2D eigenvalue weighted by atomic mass is 10.3. The van der Waals surface area contributed by atoms with Crippen molar-refractivity contribution in [2.75, 3.05) is 13.2 Å². The molecule has 0 radical (unpaired) electrons. The number of carbonyl (C=O) groups is 1. The van der Waals surface area contributed by atoms with E-state index in [1.165, 1.54) is 0 Å². The lowest BCUT2D eigenvalue weighted by Crippen LogP contribution is -2.15. The zero-order valence-electron chi connectivity index (χ0n) is 7.94. The van der Waals surface area contributed by atoms with Gasteiger partial charge in [-0.15, -0.1) is 12.6 Å². The van der Waals surface area contributed by atoms with Crippen molar-refractivity contribution < 1.29 is 19.4 Å². The minimum atomic E-state index is -0.738. The Balaban J connectivity index is 4.83. The molecule has 0 aromatic heterocycles. The van der Waals surface area contributed by atoms with Crippen molar-refractivity contribution in [3.8, 4) is 0 Å². The van der Waals surface area contributed by atoms with Crippen LogP contribution in [0.3, 0.4) is 0 Å². The van der Waals surface area contributed by atoms with E-state index < -0.39 is 11.9 Å². The van der Waals surface area contributed by atoms with E-state index in [9.17, 15) is 9.90 Å². The Hall–Kier alpha value is -0.750. The number of rotatable bonds is 5. The van der Waals surface area contributed by atoms with E-state index in [1.54, 1.807) is 13.8 Å². The molecule has 0 spiro atoms. The van der Waals surface area contributed by atoms with Gasteiger partial charge in [0.2, 0.25) is 0 Å². The molecule has 0 fully saturated rings. The van der Waals surface area contributed by atoms with Gasteiger partial charge in [-0.05, 0) is 13.8 Å². The smallest absolute Gasteiger partial charge is 0.347 e. The first-order chi connectivity index (χ1) is 6.54. The summed E-state index contributed by atoms with van der Waals surface area (Å²) in [6.45, 7) is 3.73. The minimum absolute atomic E-state index is 0.0607. The predicted molar refractivity (Wildman–Crippen MR) is 59.5 cm³/mol. The second-order valence-electron chi connectivity index (χ2n) is 2.14. The van der Waals surface area contributed by atoms with Gasteiger partial charge in [-0.1, -0.05) is 12.2 Å². The number of carbonyl (C=O) groups excluding carboxylic acids is 1. The van der Waals surface area contributed by atoms with Gasteiger partial charge in [-0.25, -0.2) is 4.79 Å². The number of hydrogen-bond acceptors (Lipinski definition) is 5. The number of esters is 1. The summed E-state index contributed by atoms with van der Waals surface area (Å²) in [5.74, 6) is -1.29. The molecule has 0 unspecified atom stereocenters. The third-order valence-corrected chi connectivity index (χ3v) is 1.62. The normalized spacial score (nSPS) is 11.6. The summed E-state index contributed by atoms with van der Waals surface area (Å²) >= 11 is 8.45. The van der Waals surface area contributed by atoms with Crippen LogP contribution in [0.5, 0.6) is 0 Å². The third kappa shape index (κ3) is 3.97. The summed E-state index contributed by atoms with van der Waals surface area (Å²) in [5, 5.41) is 9.30. The first-order valence-electron chi connectivity index (χ1n) is 4.01. The van der Waals surface area contributed by atoms with Gasteiger partial charge in [0, 0.05) is 0 Å². The highest BCUT2D eigenvalue weighted by Crippen LogP contribution is 2.11. The summed E-state index contributed by atoms with van der Waals surface area (Å²) in [6, 6.07) is 0. The molecule has 0 atom stereocenters. The fourth-order valence-electron chi connectivity index (χ4n) is 0.678. The molecule has 80 valence electrons. The Kier molecular flexibility index (Phi) is 6.31. The Morgan fingerprint density at radius 3 is 2.21 bits per heavy atom. The SMILES string of the molecule is CCOC(=O)/C(C(=S)S)=C(\O)OCC. The van der Waals surface area contributed by atoms with Crippen LogP contribution >= 0.6 is 24.8 Å². The van der Waals surface area contributed by atoms with Crippen molar-refractivity contribution in [3.05, 3.63) is 11.5 Å². The monoisotopic (exact) mass is 236 g/mol. The second kappa shape index (κ2) is 6.67. The van der Waals surface area contributed by atoms with Gasteiger partial charge < -0.3 is 14.6 Å². The molecule has 14 heavy (non-hydrogen) atoms. The molecule has 0 aliphatic carbocycles. The summed E-state index contributed by atoms with van der Waals surface area (Å²) in [6.07, 6.45) is 0. The van der Waals surface area contributed by atoms with E-state index in [2.05, 4.69) is 29.6 Å².